The summed E-state index contributed by atoms with van der Waals surface area (Å²) >= 11 is 12.3. The van der Waals surface area contributed by atoms with E-state index >= 15 is 0 Å². The predicted octanol–water partition coefficient (Wildman–Crippen LogP) is 5.50. The average molecular weight is 361 g/mol. The summed E-state index contributed by atoms with van der Waals surface area (Å²) in [5.41, 5.74) is 11.9. The second kappa shape index (κ2) is 7.18. The van der Waals surface area contributed by atoms with Gasteiger partial charge >= 0.3 is 0 Å². The molecule has 0 aliphatic heterocycles. The van der Waals surface area contributed by atoms with Crippen LogP contribution in [0.5, 0.6) is 0 Å². The fourth-order valence-electron chi connectivity index (χ4n) is 3.56. The van der Waals surface area contributed by atoms with Crippen molar-refractivity contribution in [2.45, 2.75) is 31.7 Å². The highest BCUT2D eigenvalue weighted by Crippen LogP contribution is 2.42. The lowest BCUT2D eigenvalue weighted by Crippen LogP contribution is -2.24. The summed E-state index contributed by atoms with van der Waals surface area (Å²) in [6.45, 7) is 1.96. The van der Waals surface area contributed by atoms with E-state index in [9.17, 15) is 0 Å². The first kappa shape index (κ1) is 17.3. The number of hydrogen-bond donors (Lipinski definition) is 2. The number of hydrogen-bond acceptors (Lipinski definition) is 2. The summed E-state index contributed by atoms with van der Waals surface area (Å²) in [6, 6.07) is 12.8. The zero-order valence-electron chi connectivity index (χ0n) is 13.9. The van der Waals surface area contributed by atoms with Crippen molar-refractivity contribution in [3.05, 3.63) is 74.8 Å². The number of halogens is 2. The molecule has 2 atom stereocenters. The molecule has 0 amide bonds. The molecule has 2 unspecified atom stereocenters. The molecule has 2 nitrogen and oxygen atoms in total. The van der Waals surface area contributed by atoms with Crippen molar-refractivity contribution in [1.29, 1.82) is 0 Å². The first-order valence-corrected chi connectivity index (χ1v) is 8.99. The van der Waals surface area contributed by atoms with E-state index in [-0.39, 0.29) is 0 Å². The number of allylic oxidation sites excluding steroid dienone is 1. The molecule has 126 valence electrons. The molecule has 3 rings (SSSR count). The van der Waals surface area contributed by atoms with E-state index in [0.717, 1.165) is 24.1 Å². The number of fused-ring (bicyclic) bond motifs is 1. The van der Waals surface area contributed by atoms with Crippen LogP contribution in [-0.2, 0) is 0 Å². The lowest BCUT2D eigenvalue weighted by molar-refractivity contribution is 0.470. The van der Waals surface area contributed by atoms with Crippen LogP contribution in [0, 0.1) is 0 Å². The summed E-state index contributed by atoms with van der Waals surface area (Å²) in [4.78, 5) is 0. The zero-order chi connectivity index (χ0) is 17.3. The fraction of sp³-hybridized carbons (Fsp3) is 0.300. The van der Waals surface area contributed by atoms with Gasteiger partial charge in [0.25, 0.3) is 0 Å². The molecule has 2 aromatic rings. The zero-order valence-corrected chi connectivity index (χ0v) is 15.5. The van der Waals surface area contributed by atoms with Gasteiger partial charge < -0.3 is 11.1 Å². The Bertz CT molecular complexity index is 783. The summed E-state index contributed by atoms with van der Waals surface area (Å²) in [5, 5.41) is 4.64. The maximum absolute atomic E-state index is 6.23. The van der Waals surface area contributed by atoms with Crippen molar-refractivity contribution in [3.63, 3.8) is 0 Å². The Morgan fingerprint density at radius 1 is 1.08 bits per heavy atom. The molecule has 0 saturated carbocycles. The monoisotopic (exact) mass is 360 g/mol. The summed E-state index contributed by atoms with van der Waals surface area (Å²) < 4.78 is 0. The Labute approximate surface area is 153 Å². The van der Waals surface area contributed by atoms with Gasteiger partial charge in [-0.1, -0.05) is 47.5 Å². The molecule has 4 heteroatoms. The van der Waals surface area contributed by atoms with E-state index in [0.29, 0.717) is 22.0 Å². The third-order valence-corrected chi connectivity index (χ3v) is 5.66. The Balaban J connectivity index is 2.08. The van der Waals surface area contributed by atoms with Crippen molar-refractivity contribution in [3.8, 4) is 0 Å². The summed E-state index contributed by atoms with van der Waals surface area (Å²) in [6.07, 6.45) is 4.10. The van der Waals surface area contributed by atoms with Gasteiger partial charge in [0.05, 0.1) is 10.0 Å². The van der Waals surface area contributed by atoms with Crippen molar-refractivity contribution >= 4 is 28.9 Å². The normalized spacial score (nSPS) is 20.8. The minimum atomic E-state index is 0.334. The molecule has 1 aliphatic rings. The highest BCUT2D eigenvalue weighted by molar-refractivity contribution is 6.42. The number of nitrogens with two attached hydrogens (primary N) is 1. The first-order valence-electron chi connectivity index (χ1n) is 8.23. The maximum atomic E-state index is 6.23. The highest BCUT2D eigenvalue weighted by Gasteiger charge is 2.28. The predicted molar refractivity (Wildman–Crippen MR) is 104 cm³/mol. The molecule has 0 heterocycles. The van der Waals surface area contributed by atoms with Gasteiger partial charge in [0.15, 0.2) is 0 Å². The molecule has 0 bridgehead atoms. The molecule has 3 N–H and O–H groups in total. The molecule has 24 heavy (non-hydrogen) atoms. The van der Waals surface area contributed by atoms with Crippen molar-refractivity contribution in [2.75, 3.05) is 7.05 Å². The maximum Gasteiger partial charge on any atom is 0.0595 e. The molecule has 0 radical (unpaired) electrons. The third-order valence-electron chi connectivity index (χ3n) is 4.92. The van der Waals surface area contributed by atoms with Gasteiger partial charge in [0.2, 0.25) is 0 Å². The Morgan fingerprint density at radius 3 is 2.54 bits per heavy atom. The lowest BCUT2D eigenvalue weighted by atomic mass is 9.76. The number of nitrogens with one attached hydrogen (secondary N) is 1. The lowest BCUT2D eigenvalue weighted by Gasteiger charge is -2.32. The average Bonchev–Trinajstić information content (AvgIpc) is 2.62. The highest BCUT2D eigenvalue weighted by atomic mass is 35.5. The van der Waals surface area contributed by atoms with Gasteiger partial charge in [0, 0.05) is 17.7 Å². The Morgan fingerprint density at radius 2 is 1.88 bits per heavy atom. The van der Waals surface area contributed by atoms with Gasteiger partial charge in [-0.25, -0.2) is 0 Å². The van der Waals surface area contributed by atoms with E-state index < -0.39 is 0 Å². The van der Waals surface area contributed by atoms with Crippen molar-refractivity contribution in [2.24, 2.45) is 5.73 Å². The quantitative estimate of drug-likeness (QED) is 0.758. The van der Waals surface area contributed by atoms with Gasteiger partial charge in [0.1, 0.15) is 0 Å². The Kier molecular flexibility index (Phi) is 5.19. The van der Waals surface area contributed by atoms with E-state index in [1.807, 2.05) is 32.2 Å². The minimum absolute atomic E-state index is 0.334. The van der Waals surface area contributed by atoms with E-state index in [2.05, 4.69) is 29.6 Å². The minimum Gasteiger partial charge on any atom is -0.399 e. The van der Waals surface area contributed by atoms with Crippen LogP contribution >= 0.6 is 23.2 Å². The molecule has 0 fully saturated rings. The molecular weight excluding hydrogens is 339 g/mol. The number of rotatable bonds is 3. The fourth-order valence-corrected chi connectivity index (χ4v) is 3.87. The van der Waals surface area contributed by atoms with Gasteiger partial charge in [-0.05, 0) is 67.3 Å². The van der Waals surface area contributed by atoms with Crippen molar-refractivity contribution in [1.82, 2.24) is 5.32 Å². The number of benzene rings is 2. The molecule has 0 aromatic heterocycles. The largest absolute Gasteiger partial charge is 0.399 e. The van der Waals surface area contributed by atoms with Crippen LogP contribution in [0.15, 0.2) is 42.5 Å². The molecule has 0 saturated heterocycles. The molecular formula is C20H22Cl2N2. The van der Waals surface area contributed by atoms with Crippen molar-refractivity contribution < 1.29 is 0 Å². The van der Waals surface area contributed by atoms with Crippen LogP contribution in [-0.4, -0.2) is 7.05 Å². The van der Waals surface area contributed by atoms with Crippen LogP contribution in [0.3, 0.4) is 0 Å². The smallest absolute Gasteiger partial charge is 0.0595 e. The van der Waals surface area contributed by atoms with E-state index in [1.165, 1.54) is 16.7 Å². The molecule has 1 aliphatic carbocycles. The summed E-state index contributed by atoms with van der Waals surface area (Å²) in [7, 11) is 2.01. The molecule has 0 spiro atoms. The van der Waals surface area contributed by atoms with Crippen LogP contribution in [0.1, 0.15) is 54.0 Å². The van der Waals surface area contributed by atoms with Gasteiger partial charge in [-0.15, -0.1) is 0 Å². The van der Waals surface area contributed by atoms with Crippen LogP contribution in [0.4, 0.5) is 0 Å². The molecule has 2 aromatic carbocycles. The van der Waals surface area contributed by atoms with E-state index in [4.69, 9.17) is 28.9 Å². The topological polar surface area (TPSA) is 38.0 Å². The van der Waals surface area contributed by atoms with Crippen LogP contribution in [0.2, 0.25) is 10.0 Å². The van der Waals surface area contributed by atoms with E-state index in [1.54, 1.807) is 0 Å². The third kappa shape index (κ3) is 3.19. The first-order chi connectivity index (χ1) is 11.5. The second-order valence-electron chi connectivity index (χ2n) is 6.23. The van der Waals surface area contributed by atoms with Crippen LogP contribution < -0.4 is 11.1 Å². The van der Waals surface area contributed by atoms with Gasteiger partial charge in [-0.3, -0.25) is 0 Å². The SMILES string of the molecule is CC=C(N)c1ccc2c(c1)C(NC)CCC2c1ccc(Cl)c(Cl)c1. The van der Waals surface area contributed by atoms with Crippen LogP contribution in [0.25, 0.3) is 5.70 Å². The van der Waals surface area contributed by atoms with Gasteiger partial charge in [-0.2, -0.15) is 0 Å². The standard InChI is InChI=1S/C20H22Cl2N2/c1-3-19(23)13-4-6-15-14(7-9-20(24-2)16(15)10-13)12-5-8-17(21)18(22)11-12/h3-6,8,10-11,14,20,24H,7,9,23H2,1-2H3. The second-order valence-corrected chi connectivity index (χ2v) is 7.05. The summed E-state index contributed by atoms with van der Waals surface area (Å²) in [5.74, 6) is 0.334. The Hall–Kier alpha value is -1.48.